The molecule has 5 heteroatoms. The van der Waals surface area contributed by atoms with Gasteiger partial charge in [-0.05, 0) is 56.3 Å². The highest BCUT2D eigenvalue weighted by Gasteiger charge is 2.21. The molecule has 3 rings (SSSR count). The molecule has 1 atom stereocenters. The van der Waals surface area contributed by atoms with Crippen LogP contribution in [0.2, 0.25) is 0 Å². The van der Waals surface area contributed by atoms with E-state index in [0.717, 1.165) is 50.8 Å². The minimum atomic E-state index is -0.242. The molecule has 0 saturated carbocycles. The quantitative estimate of drug-likeness (QED) is 0.905. The number of ether oxygens (including phenoxy) is 1. The van der Waals surface area contributed by atoms with Crippen LogP contribution in [0.3, 0.4) is 0 Å². The lowest BCUT2D eigenvalue weighted by atomic mass is 9.90. The maximum Gasteiger partial charge on any atom is 0.141 e. The van der Waals surface area contributed by atoms with Crippen LogP contribution in [0.25, 0.3) is 0 Å². The Hall–Kier alpha value is -1.04. The number of pyridine rings is 1. The summed E-state index contributed by atoms with van der Waals surface area (Å²) < 4.78 is 18.9. The van der Waals surface area contributed by atoms with Gasteiger partial charge in [0.25, 0.3) is 0 Å². The summed E-state index contributed by atoms with van der Waals surface area (Å²) in [6.45, 7) is 5.86. The first-order valence-corrected chi connectivity index (χ1v) is 8.44. The Bertz CT molecular complexity index is 457. The first-order valence-electron chi connectivity index (χ1n) is 8.44. The van der Waals surface area contributed by atoms with Crippen molar-refractivity contribution >= 4 is 0 Å². The predicted octanol–water partition coefficient (Wildman–Crippen LogP) is 2.20. The van der Waals surface area contributed by atoms with Gasteiger partial charge < -0.3 is 10.1 Å². The van der Waals surface area contributed by atoms with E-state index < -0.39 is 0 Å². The molecule has 0 spiro atoms. The lowest BCUT2D eigenvalue weighted by molar-refractivity contribution is 0.0175. The van der Waals surface area contributed by atoms with Crippen molar-refractivity contribution in [3.8, 4) is 0 Å². The van der Waals surface area contributed by atoms with E-state index in [1.165, 1.54) is 31.9 Å². The van der Waals surface area contributed by atoms with E-state index in [9.17, 15) is 4.39 Å². The molecular formula is C17H26FN3O. The van der Waals surface area contributed by atoms with Crippen LogP contribution in [0.4, 0.5) is 4.39 Å². The number of likely N-dealkylation sites (tertiary alicyclic amines) is 1. The zero-order chi connectivity index (χ0) is 15.2. The highest BCUT2D eigenvalue weighted by atomic mass is 19.1. The van der Waals surface area contributed by atoms with Crippen LogP contribution in [0.1, 0.15) is 31.2 Å². The average molecular weight is 307 g/mol. The number of halogens is 1. The fourth-order valence-corrected chi connectivity index (χ4v) is 3.46. The van der Waals surface area contributed by atoms with Gasteiger partial charge in [-0.25, -0.2) is 4.39 Å². The predicted molar refractivity (Wildman–Crippen MR) is 84.0 cm³/mol. The highest BCUT2D eigenvalue weighted by molar-refractivity contribution is 5.10. The minimum absolute atomic E-state index is 0.242. The molecule has 1 aromatic heterocycles. The number of hydrogen-bond acceptors (Lipinski definition) is 4. The van der Waals surface area contributed by atoms with E-state index in [1.54, 1.807) is 12.3 Å². The minimum Gasteiger partial charge on any atom is -0.376 e. The molecular weight excluding hydrogens is 281 g/mol. The molecule has 0 aliphatic carbocycles. The number of morpholine rings is 1. The normalized spacial score (nSPS) is 24.5. The van der Waals surface area contributed by atoms with E-state index in [4.69, 9.17) is 4.74 Å². The molecule has 1 aromatic rings. The SMILES string of the molecule is Fc1cncc(CN2CCC(CCC3CNCCO3)CC2)c1. The second kappa shape index (κ2) is 7.99. The number of nitrogens with one attached hydrogen (secondary N) is 1. The molecule has 122 valence electrons. The largest absolute Gasteiger partial charge is 0.376 e. The highest BCUT2D eigenvalue weighted by Crippen LogP contribution is 2.24. The zero-order valence-electron chi connectivity index (χ0n) is 13.1. The van der Waals surface area contributed by atoms with E-state index in [-0.39, 0.29) is 5.82 Å². The molecule has 3 heterocycles. The van der Waals surface area contributed by atoms with Gasteiger partial charge in [-0.2, -0.15) is 0 Å². The molecule has 0 amide bonds. The molecule has 1 N–H and O–H groups in total. The van der Waals surface area contributed by atoms with Gasteiger partial charge in [0.2, 0.25) is 0 Å². The third-order valence-electron chi connectivity index (χ3n) is 4.78. The number of rotatable bonds is 5. The van der Waals surface area contributed by atoms with Crippen molar-refractivity contribution in [2.75, 3.05) is 32.8 Å². The second-order valence-corrected chi connectivity index (χ2v) is 6.51. The molecule has 2 saturated heterocycles. The van der Waals surface area contributed by atoms with Gasteiger partial charge in [0.05, 0.1) is 18.9 Å². The van der Waals surface area contributed by atoms with Crippen LogP contribution in [0, 0.1) is 11.7 Å². The first kappa shape index (κ1) is 15.8. The Balaban J connectivity index is 1.37. The summed E-state index contributed by atoms with van der Waals surface area (Å²) in [7, 11) is 0. The Morgan fingerprint density at radius 3 is 2.86 bits per heavy atom. The summed E-state index contributed by atoms with van der Waals surface area (Å²) in [6.07, 6.45) is 8.35. The van der Waals surface area contributed by atoms with Crippen LogP contribution < -0.4 is 5.32 Å². The van der Waals surface area contributed by atoms with Crippen molar-refractivity contribution in [2.45, 2.75) is 38.3 Å². The van der Waals surface area contributed by atoms with Gasteiger partial charge in [0, 0.05) is 25.8 Å². The Kier molecular flexibility index (Phi) is 5.76. The van der Waals surface area contributed by atoms with Crippen LogP contribution in [0.15, 0.2) is 18.5 Å². The maximum absolute atomic E-state index is 13.2. The molecule has 2 fully saturated rings. The summed E-state index contributed by atoms with van der Waals surface area (Å²) in [5, 5.41) is 3.39. The fraction of sp³-hybridized carbons (Fsp3) is 0.706. The Labute approximate surface area is 132 Å². The summed E-state index contributed by atoms with van der Waals surface area (Å²) >= 11 is 0. The van der Waals surface area contributed by atoms with Gasteiger partial charge in [0.1, 0.15) is 5.82 Å². The molecule has 1 unspecified atom stereocenters. The van der Waals surface area contributed by atoms with Gasteiger partial charge in [-0.1, -0.05) is 0 Å². The lowest BCUT2D eigenvalue weighted by Crippen LogP contribution is -2.39. The standard InChI is InChI=1S/C17H26FN3O/c18-16-9-15(10-20-11-16)13-21-6-3-14(4-7-21)1-2-17-12-19-5-8-22-17/h9-11,14,17,19H,1-8,12-13H2. The van der Waals surface area contributed by atoms with Crippen molar-refractivity contribution in [1.82, 2.24) is 15.2 Å². The molecule has 0 aromatic carbocycles. The van der Waals surface area contributed by atoms with Gasteiger partial charge in [-0.15, -0.1) is 0 Å². The monoisotopic (exact) mass is 307 g/mol. The second-order valence-electron chi connectivity index (χ2n) is 6.51. The molecule has 0 bridgehead atoms. The van der Waals surface area contributed by atoms with Crippen LogP contribution in [-0.4, -0.2) is 48.8 Å². The number of aromatic nitrogens is 1. The van der Waals surface area contributed by atoms with Crippen molar-refractivity contribution in [3.63, 3.8) is 0 Å². The maximum atomic E-state index is 13.2. The fourth-order valence-electron chi connectivity index (χ4n) is 3.46. The molecule has 2 aliphatic heterocycles. The summed E-state index contributed by atoms with van der Waals surface area (Å²) in [4.78, 5) is 6.33. The zero-order valence-corrected chi connectivity index (χ0v) is 13.1. The first-order chi connectivity index (χ1) is 10.8. The summed E-state index contributed by atoms with van der Waals surface area (Å²) in [5.41, 5.74) is 0.972. The van der Waals surface area contributed by atoms with Crippen LogP contribution >= 0.6 is 0 Å². The number of piperidine rings is 1. The molecule has 0 radical (unpaired) electrons. The summed E-state index contributed by atoms with van der Waals surface area (Å²) in [5.74, 6) is 0.570. The van der Waals surface area contributed by atoms with Gasteiger partial charge >= 0.3 is 0 Å². The lowest BCUT2D eigenvalue weighted by Gasteiger charge is -2.33. The Morgan fingerprint density at radius 1 is 1.27 bits per heavy atom. The third-order valence-corrected chi connectivity index (χ3v) is 4.78. The smallest absolute Gasteiger partial charge is 0.141 e. The van der Waals surface area contributed by atoms with Gasteiger partial charge in [0.15, 0.2) is 0 Å². The van der Waals surface area contributed by atoms with E-state index in [1.807, 2.05) is 0 Å². The molecule has 4 nitrogen and oxygen atoms in total. The van der Waals surface area contributed by atoms with Crippen molar-refractivity contribution in [2.24, 2.45) is 5.92 Å². The average Bonchev–Trinajstić information content (AvgIpc) is 2.55. The molecule has 22 heavy (non-hydrogen) atoms. The van der Waals surface area contributed by atoms with E-state index in [2.05, 4.69) is 15.2 Å². The van der Waals surface area contributed by atoms with Crippen molar-refractivity contribution in [1.29, 1.82) is 0 Å². The van der Waals surface area contributed by atoms with Crippen molar-refractivity contribution < 1.29 is 9.13 Å². The summed E-state index contributed by atoms with van der Waals surface area (Å²) in [6, 6.07) is 1.59. The van der Waals surface area contributed by atoms with Crippen LogP contribution in [-0.2, 0) is 11.3 Å². The number of nitrogens with zero attached hydrogens (tertiary/aromatic N) is 2. The van der Waals surface area contributed by atoms with E-state index in [0.29, 0.717) is 6.10 Å². The third kappa shape index (κ3) is 4.73. The van der Waals surface area contributed by atoms with Gasteiger partial charge in [-0.3, -0.25) is 9.88 Å². The Morgan fingerprint density at radius 2 is 2.14 bits per heavy atom. The van der Waals surface area contributed by atoms with E-state index >= 15 is 0 Å². The topological polar surface area (TPSA) is 37.4 Å². The number of hydrogen-bond donors (Lipinski definition) is 1. The molecule has 2 aliphatic rings. The van der Waals surface area contributed by atoms with Crippen molar-refractivity contribution in [3.05, 3.63) is 29.8 Å². The van der Waals surface area contributed by atoms with Crippen LogP contribution in [0.5, 0.6) is 0 Å².